The highest BCUT2D eigenvalue weighted by atomic mass is 19.4. The lowest BCUT2D eigenvalue weighted by Crippen LogP contribution is -2.28. The molecule has 1 atom stereocenters. The summed E-state index contributed by atoms with van der Waals surface area (Å²) in [6, 6.07) is 19.2. The molecular weight excluding hydrogens is 555 g/mol. The molecule has 0 aliphatic rings. The van der Waals surface area contributed by atoms with Crippen LogP contribution in [-0.4, -0.2) is 43.1 Å². The highest BCUT2D eigenvalue weighted by Gasteiger charge is 2.36. The minimum atomic E-state index is -4.33. The highest BCUT2D eigenvalue weighted by Crippen LogP contribution is 2.25. The van der Waals surface area contributed by atoms with Crippen molar-refractivity contribution in [3.05, 3.63) is 72.4 Å². The second-order valence-electron chi connectivity index (χ2n) is 10.8. The van der Waals surface area contributed by atoms with Crippen LogP contribution in [0.4, 0.5) is 13.2 Å². The van der Waals surface area contributed by atoms with Gasteiger partial charge in [0.05, 0.1) is 24.5 Å². The van der Waals surface area contributed by atoms with Crippen molar-refractivity contribution in [2.45, 2.75) is 90.3 Å². The van der Waals surface area contributed by atoms with Gasteiger partial charge in [0.2, 0.25) is 0 Å². The molecule has 2 aromatic carbocycles. The molecule has 0 bridgehead atoms. The van der Waals surface area contributed by atoms with Gasteiger partial charge >= 0.3 is 12.1 Å². The Morgan fingerprint density at radius 1 is 0.721 bits per heavy atom. The first-order valence-corrected chi connectivity index (χ1v) is 15.4. The van der Waals surface area contributed by atoms with E-state index in [4.69, 9.17) is 14.2 Å². The lowest BCUT2D eigenvalue weighted by molar-refractivity contribution is -0.214. The smallest absolute Gasteiger partial charge is 0.414 e. The topological polar surface area (TPSA) is 57.7 Å². The number of carbonyl (C=O) groups is 1. The third-order valence-corrected chi connectivity index (χ3v) is 7.23. The molecule has 3 rings (SSSR count). The van der Waals surface area contributed by atoms with E-state index in [1.165, 1.54) is 32.1 Å². The second-order valence-corrected chi connectivity index (χ2v) is 10.8. The predicted molar refractivity (Wildman–Crippen MR) is 164 cm³/mol. The fraction of sp³-hybridized carbons (Fsp3) is 0.486. The summed E-state index contributed by atoms with van der Waals surface area (Å²) in [7, 11) is 0. The molecule has 0 N–H and O–H groups in total. The molecule has 43 heavy (non-hydrogen) atoms. The third-order valence-electron chi connectivity index (χ3n) is 7.23. The maximum Gasteiger partial charge on any atom is 0.414 e. The zero-order valence-electron chi connectivity index (χ0n) is 25.3. The van der Waals surface area contributed by atoms with Crippen LogP contribution in [0, 0.1) is 0 Å². The number of hydrogen-bond acceptors (Lipinski definition) is 5. The van der Waals surface area contributed by atoms with Crippen LogP contribution < -0.4 is 4.74 Å². The number of hydrogen-bond donors (Lipinski definition) is 0. The Hall–Kier alpha value is -3.39. The summed E-state index contributed by atoms with van der Waals surface area (Å²) < 4.78 is 53.2. The number of rotatable bonds is 19. The van der Waals surface area contributed by atoms with Gasteiger partial charge in [-0.3, -0.25) is 4.98 Å². The summed E-state index contributed by atoms with van der Waals surface area (Å²) in [6.45, 7) is 4.30. The summed E-state index contributed by atoms with van der Waals surface area (Å²) in [5.74, 6) is 0.470. The summed E-state index contributed by atoms with van der Waals surface area (Å²) in [6.07, 6.45) is 5.81. The zero-order chi connectivity index (χ0) is 30.9. The molecule has 0 saturated carbocycles. The Morgan fingerprint density at radius 2 is 1.30 bits per heavy atom. The maximum absolute atomic E-state index is 12.4. The standard InChI is InChI=1S/C35H44F3NO4/c1-3-4-5-6-7-11-24-42-32-20-17-29(18-21-32)33-22-19-31(26-39-33)28-13-15-30(16-14-28)34(40)43-25-12-9-8-10-23-41-27(2)35(36,37)38/h13-22,26-27H,3-12,23-25H2,1-2H3. The first-order chi connectivity index (χ1) is 20.8. The molecule has 1 unspecified atom stereocenters. The van der Waals surface area contributed by atoms with Gasteiger partial charge < -0.3 is 14.2 Å². The van der Waals surface area contributed by atoms with Crippen LogP contribution in [0.5, 0.6) is 5.75 Å². The molecule has 0 aliphatic heterocycles. The van der Waals surface area contributed by atoms with E-state index in [-0.39, 0.29) is 13.2 Å². The molecule has 0 radical (unpaired) electrons. The monoisotopic (exact) mass is 599 g/mol. The highest BCUT2D eigenvalue weighted by molar-refractivity contribution is 5.90. The SMILES string of the molecule is CCCCCCCCOc1ccc(-c2ccc(-c3ccc(C(=O)OCCCCCCOC(C)C(F)(F)F)cc3)cn2)cc1. The maximum atomic E-state index is 12.4. The lowest BCUT2D eigenvalue weighted by Gasteiger charge is -2.16. The number of pyridine rings is 1. The van der Waals surface area contributed by atoms with Gasteiger partial charge in [-0.05, 0) is 80.6 Å². The van der Waals surface area contributed by atoms with Crippen molar-refractivity contribution in [1.29, 1.82) is 0 Å². The number of benzene rings is 2. The number of ether oxygens (including phenoxy) is 3. The molecule has 0 saturated heterocycles. The third kappa shape index (κ3) is 12.4. The molecule has 1 heterocycles. The lowest BCUT2D eigenvalue weighted by atomic mass is 10.0. The van der Waals surface area contributed by atoms with Gasteiger partial charge in [0, 0.05) is 23.9 Å². The average molecular weight is 600 g/mol. The van der Waals surface area contributed by atoms with Crippen LogP contribution >= 0.6 is 0 Å². The van der Waals surface area contributed by atoms with Crippen LogP contribution in [-0.2, 0) is 9.47 Å². The average Bonchev–Trinajstić information content (AvgIpc) is 3.01. The van der Waals surface area contributed by atoms with E-state index in [0.29, 0.717) is 24.8 Å². The van der Waals surface area contributed by atoms with E-state index in [9.17, 15) is 18.0 Å². The minimum absolute atomic E-state index is 0.0625. The normalized spacial score (nSPS) is 12.2. The van der Waals surface area contributed by atoms with E-state index < -0.39 is 18.2 Å². The Bertz CT molecular complexity index is 1200. The van der Waals surface area contributed by atoms with Crippen molar-refractivity contribution >= 4 is 5.97 Å². The van der Waals surface area contributed by atoms with Crippen LogP contribution in [0.25, 0.3) is 22.4 Å². The van der Waals surface area contributed by atoms with Crippen molar-refractivity contribution in [3.63, 3.8) is 0 Å². The number of unbranched alkanes of at least 4 members (excludes halogenated alkanes) is 8. The fourth-order valence-electron chi connectivity index (χ4n) is 4.49. The van der Waals surface area contributed by atoms with E-state index >= 15 is 0 Å². The summed E-state index contributed by atoms with van der Waals surface area (Å²) >= 11 is 0. The fourth-order valence-corrected chi connectivity index (χ4v) is 4.49. The summed E-state index contributed by atoms with van der Waals surface area (Å²) in [4.78, 5) is 17.0. The van der Waals surface area contributed by atoms with Crippen LogP contribution in [0.2, 0.25) is 0 Å². The molecule has 5 nitrogen and oxygen atoms in total. The molecule has 0 aliphatic carbocycles. The van der Waals surface area contributed by atoms with Gasteiger partial charge in [-0.25, -0.2) is 4.79 Å². The Labute approximate surface area is 253 Å². The van der Waals surface area contributed by atoms with Crippen molar-refractivity contribution in [3.8, 4) is 28.1 Å². The quantitative estimate of drug-likeness (QED) is 0.101. The summed E-state index contributed by atoms with van der Waals surface area (Å²) in [5, 5.41) is 0. The van der Waals surface area contributed by atoms with Crippen molar-refractivity contribution < 1.29 is 32.2 Å². The van der Waals surface area contributed by atoms with E-state index in [1.54, 1.807) is 12.1 Å². The number of aromatic nitrogens is 1. The van der Waals surface area contributed by atoms with Gasteiger partial charge in [-0.1, -0.05) is 63.6 Å². The molecule has 234 valence electrons. The molecular formula is C35H44F3NO4. The Kier molecular flexibility index (Phi) is 14.5. The largest absolute Gasteiger partial charge is 0.494 e. The van der Waals surface area contributed by atoms with Crippen molar-refractivity contribution in [2.75, 3.05) is 19.8 Å². The van der Waals surface area contributed by atoms with Gasteiger partial charge in [-0.2, -0.15) is 13.2 Å². The number of carbonyl (C=O) groups excluding carboxylic acids is 1. The molecule has 0 amide bonds. The summed E-state index contributed by atoms with van der Waals surface area (Å²) in [5.41, 5.74) is 4.23. The number of halogens is 3. The molecule has 0 spiro atoms. The second kappa shape index (κ2) is 18.3. The van der Waals surface area contributed by atoms with E-state index in [1.807, 2.05) is 54.7 Å². The number of nitrogens with zero attached hydrogens (tertiary/aromatic N) is 1. The number of alkyl halides is 3. The van der Waals surface area contributed by atoms with E-state index in [0.717, 1.165) is 54.5 Å². The molecule has 3 aromatic rings. The first kappa shape index (κ1) is 34.1. The predicted octanol–water partition coefficient (Wildman–Crippen LogP) is 9.84. The van der Waals surface area contributed by atoms with Crippen LogP contribution in [0.3, 0.4) is 0 Å². The van der Waals surface area contributed by atoms with Gasteiger partial charge in [0.15, 0.2) is 6.10 Å². The first-order valence-electron chi connectivity index (χ1n) is 15.4. The van der Waals surface area contributed by atoms with Crippen LogP contribution in [0.15, 0.2) is 66.9 Å². The van der Waals surface area contributed by atoms with Gasteiger partial charge in [0.1, 0.15) is 5.75 Å². The van der Waals surface area contributed by atoms with Gasteiger partial charge in [0.25, 0.3) is 0 Å². The molecule has 8 heteroatoms. The minimum Gasteiger partial charge on any atom is -0.494 e. The Morgan fingerprint density at radius 3 is 1.93 bits per heavy atom. The van der Waals surface area contributed by atoms with Crippen LogP contribution in [0.1, 0.15) is 88.4 Å². The van der Waals surface area contributed by atoms with Gasteiger partial charge in [-0.15, -0.1) is 0 Å². The Balaban J connectivity index is 1.36. The van der Waals surface area contributed by atoms with E-state index in [2.05, 4.69) is 11.9 Å². The van der Waals surface area contributed by atoms with Crippen molar-refractivity contribution in [1.82, 2.24) is 4.98 Å². The molecule has 1 aromatic heterocycles. The van der Waals surface area contributed by atoms with Crippen molar-refractivity contribution in [2.24, 2.45) is 0 Å². The number of esters is 1. The molecule has 0 fully saturated rings. The zero-order valence-corrected chi connectivity index (χ0v) is 25.3.